The lowest BCUT2D eigenvalue weighted by Gasteiger charge is -2.53. The zero-order valence-corrected chi connectivity index (χ0v) is 26.9. The molecular weight excluding hydrogens is 614 g/mol. The third-order valence-corrected chi connectivity index (χ3v) is 9.50. The second-order valence-electron chi connectivity index (χ2n) is 12.5. The van der Waals surface area contributed by atoms with Crippen LogP contribution in [0, 0.1) is 11.8 Å². The van der Waals surface area contributed by atoms with Crippen LogP contribution in [0.3, 0.4) is 0 Å². The molecule has 3 atom stereocenters. The summed E-state index contributed by atoms with van der Waals surface area (Å²) >= 11 is 0. The van der Waals surface area contributed by atoms with Crippen molar-refractivity contribution < 1.29 is 28.5 Å². The molecule has 0 unspecified atom stereocenters. The van der Waals surface area contributed by atoms with Gasteiger partial charge in [-0.2, -0.15) is 5.10 Å². The molecule has 13 heteroatoms. The molecule has 0 bridgehead atoms. The fourth-order valence-electron chi connectivity index (χ4n) is 6.81. The van der Waals surface area contributed by atoms with Gasteiger partial charge in [0.2, 0.25) is 5.88 Å². The zero-order valence-electron chi connectivity index (χ0n) is 26.9. The minimum atomic E-state index is -0.968. The number of rotatable bonds is 6. The molecule has 0 radical (unpaired) electrons. The van der Waals surface area contributed by atoms with Crippen molar-refractivity contribution in [3.63, 3.8) is 0 Å². The van der Waals surface area contributed by atoms with E-state index in [0.29, 0.717) is 78.2 Å². The number of anilines is 2. The zero-order chi connectivity index (χ0) is 33.0. The van der Waals surface area contributed by atoms with E-state index < -0.39 is 23.7 Å². The number of nitrogens with zero attached hydrogens (tertiary/aromatic N) is 7. The van der Waals surface area contributed by atoms with Crippen LogP contribution in [0.1, 0.15) is 37.4 Å². The van der Waals surface area contributed by atoms with Gasteiger partial charge in [-0.05, 0) is 37.1 Å². The Morgan fingerprint density at radius 2 is 2.02 bits per heavy atom. The quantitative estimate of drug-likeness (QED) is 0.269. The molecular formula is C35H35N7O6. The molecule has 246 valence electrons. The lowest BCUT2D eigenvalue weighted by atomic mass is 9.90. The van der Waals surface area contributed by atoms with Gasteiger partial charge >= 0.3 is 5.97 Å². The number of carbonyl (C=O) groups is 1. The number of hydrogen-bond donors (Lipinski definition) is 1. The molecule has 0 amide bonds. The topological polar surface area (TPSA) is 141 Å². The Morgan fingerprint density at radius 3 is 2.77 bits per heavy atom. The molecule has 0 aliphatic carbocycles. The Balaban J connectivity index is 1.15. The minimum absolute atomic E-state index is 0.0233. The highest BCUT2D eigenvalue weighted by Gasteiger charge is 2.50. The summed E-state index contributed by atoms with van der Waals surface area (Å²) in [6.45, 7) is 6.53. The van der Waals surface area contributed by atoms with Gasteiger partial charge in [0.05, 0.1) is 32.4 Å². The summed E-state index contributed by atoms with van der Waals surface area (Å²) in [5, 5.41) is 15.6. The van der Waals surface area contributed by atoms with E-state index in [-0.39, 0.29) is 19.0 Å². The van der Waals surface area contributed by atoms with Gasteiger partial charge < -0.3 is 33.5 Å². The first kappa shape index (κ1) is 30.2. The van der Waals surface area contributed by atoms with Gasteiger partial charge in [-0.15, -0.1) is 0 Å². The SMILES string of the molecule is CCc1nc(N2C[C@@H](Oc3ncc(C#Cc4ccn(C)n4)cc3N3CCOC4(COC4)[C@@H]3C)C[C@H]2C(=O)O)c2oc3ccccc3c2n1. The Kier molecular flexibility index (Phi) is 7.42. The summed E-state index contributed by atoms with van der Waals surface area (Å²) in [5.41, 5.74) is 3.52. The Hall–Kier alpha value is -5.19. The molecule has 1 spiro atoms. The summed E-state index contributed by atoms with van der Waals surface area (Å²) in [5.74, 6) is 6.80. The number of hydrogen-bond acceptors (Lipinski definition) is 11. The number of para-hydroxylation sites is 1. The molecule has 1 N–H and O–H groups in total. The summed E-state index contributed by atoms with van der Waals surface area (Å²) in [6.07, 6.45) is 3.83. The number of fused-ring (bicyclic) bond motifs is 3. The summed E-state index contributed by atoms with van der Waals surface area (Å²) in [6, 6.07) is 10.6. The van der Waals surface area contributed by atoms with Crippen LogP contribution in [0.15, 0.2) is 53.2 Å². The Labute approximate surface area is 276 Å². The number of aliphatic carboxylic acids is 1. The summed E-state index contributed by atoms with van der Waals surface area (Å²) in [4.78, 5) is 31.0. The van der Waals surface area contributed by atoms with Crippen LogP contribution >= 0.6 is 0 Å². The molecule has 3 aliphatic rings. The number of carboxylic acid groups (broad SMARTS) is 1. The smallest absolute Gasteiger partial charge is 0.326 e. The molecule has 5 aromatic rings. The van der Waals surface area contributed by atoms with Gasteiger partial charge in [0.25, 0.3) is 0 Å². The lowest BCUT2D eigenvalue weighted by molar-refractivity contribution is -0.228. The second kappa shape index (κ2) is 11.8. The summed E-state index contributed by atoms with van der Waals surface area (Å²) < 4.78 is 26.3. The largest absolute Gasteiger partial charge is 0.480 e. The average Bonchev–Trinajstić information content (AvgIpc) is 3.80. The average molecular weight is 650 g/mol. The van der Waals surface area contributed by atoms with E-state index in [0.717, 1.165) is 11.1 Å². The molecule has 3 aliphatic heterocycles. The molecule has 0 saturated carbocycles. The van der Waals surface area contributed by atoms with Gasteiger partial charge in [0.1, 0.15) is 46.1 Å². The van der Waals surface area contributed by atoms with Gasteiger partial charge in [-0.1, -0.05) is 25.0 Å². The first-order valence-corrected chi connectivity index (χ1v) is 16.2. The third kappa shape index (κ3) is 5.17. The maximum Gasteiger partial charge on any atom is 0.326 e. The monoisotopic (exact) mass is 649 g/mol. The maximum absolute atomic E-state index is 12.7. The van der Waals surface area contributed by atoms with Crippen LogP contribution in [0.5, 0.6) is 5.88 Å². The Bertz CT molecular complexity index is 2090. The van der Waals surface area contributed by atoms with Crippen molar-refractivity contribution in [1.82, 2.24) is 24.7 Å². The van der Waals surface area contributed by atoms with Gasteiger partial charge in [0.15, 0.2) is 11.4 Å². The number of benzene rings is 1. The van der Waals surface area contributed by atoms with Gasteiger partial charge in [0, 0.05) is 49.8 Å². The van der Waals surface area contributed by atoms with Crippen molar-refractivity contribution in [1.29, 1.82) is 0 Å². The number of carboxylic acids is 1. The van der Waals surface area contributed by atoms with Crippen molar-refractivity contribution in [3.05, 3.63) is 65.9 Å². The second-order valence-corrected chi connectivity index (χ2v) is 12.5. The minimum Gasteiger partial charge on any atom is -0.480 e. The van der Waals surface area contributed by atoms with E-state index in [2.05, 4.69) is 28.8 Å². The number of ether oxygens (including phenoxy) is 3. The van der Waals surface area contributed by atoms with Crippen molar-refractivity contribution in [2.45, 2.75) is 50.5 Å². The molecule has 1 aromatic carbocycles. The summed E-state index contributed by atoms with van der Waals surface area (Å²) in [7, 11) is 1.85. The van der Waals surface area contributed by atoms with Crippen LogP contribution < -0.4 is 14.5 Å². The third-order valence-electron chi connectivity index (χ3n) is 9.50. The molecule has 48 heavy (non-hydrogen) atoms. The lowest BCUT2D eigenvalue weighted by Crippen LogP contribution is -2.68. The first-order valence-electron chi connectivity index (χ1n) is 16.2. The first-order chi connectivity index (χ1) is 23.3. The van der Waals surface area contributed by atoms with E-state index in [1.807, 2.05) is 56.6 Å². The standard InChI is InChI=1S/C35H35N7O6/c1-4-29-37-30-25-7-5-6-8-28(25)48-31(30)32(38-29)42-18-24(16-27(42)34(43)44)47-33-26(41-13-14-46-35(21(41)2)19-45-20-35)15-22(17-36-33)9-10-23-11-12-40(3)39-23/h5-8,11-12,15,17,21,24,27H,4,13-14,16,18-20H2,1-3H3,(H,43,44)/t21-,24-,27-/m0/s1. The molecule has 3 saturated heterocycles. The molecule has 8 rings (SSSR count). The fraction of sp³-hybridized carbons (Fsp3) is 0.400. The van der Waals surface area contributed by atoms with Gasteiger partial charge in [-0.3, -0.25) is 4.68 Å². The van der Waals surface area contributed by atoms with Crippen molar-refractivity contribution in [2.24, 2.45) is 7.05 Å². The normalized spacial score (nSPS) is 21.8. The predicted octanol–water partition coefficient (Wildman–Crippen LogP) is 3.57. The highest BCUT2D eigenvalue weighted by Crippen LogP contribution is 2.40. The highest BCUT2D eigenvalue weighted by molar-refractivity contribution is 6.06. The van der Waals surface area contributed by atoms with Crippen LogP contribution in [0.2, 0.25) is 0 Å². The van der Waals surface area contributed by atoms with Crippen LogP contribution in [0.4, 0.5) is 11.5 Å². The number of furan rings is 1. The Morgan fingerprint density at radius 1 is 1.17 bits per heavy atom. The number of morpholine rings is 1. The van der Waals surface area contributed by atoms with Crippen LogP contribution in [-0.4, -0.2) is 92.5 Å². The van der Waals surface area contributed by atoms with Gasteiger partial charge in [-0.25, -0.2) is 19.7 Å². The molecule has 3 fully saturated rings. The van der Waals surface area contributed by atoms with Crippen molar-refractivity contribution in [2.75, 3.05) is 42.7 Å². The molecule has 4 aromatic heterocycles. The maximum atomic E-state index is 12.7. The van der Waals surface area contributed by atoms with Crippen LogP contribution in [-0.2, 0) is 27.7 Å². The van der Waals surface area contributed by atoms with E-state index in [1.54, 1.807) is 15.8 Å². The number of aryl methyl sites for hydroxylation is 2. The van der Waals surface area contributed by atoms with E-state index in [4.69, 9.17) is 33.6 Å². The molecule has 7 heterocycles. The predicted molar refractivity (Wildman–Crippen MR) is 176 cm³/mol. The van der Waals surface area contributed by atoms with E-state index in [1.165, 1.54) is 0 Å². The van der Waals surface area contributed by atoms with Crippen molar-refractivity contribution in [3.8, 4) is 17.7 Å². The van der Waals surface area contributed by atoms with Crippen LogP contribution in [0.25, 0.3) is 22.1 Å². The number of aromatic nitrogens is 5. The van der Waals surface area contributed by atoms with E-state index >= 15 is 0 Å². The highest BCUT2D eigenvalue weighted by atomic mass is 16.6. The van der Waals surface area contributed by atoms with Crippen molar-refractivity contribution >= 4 is 39.5 Å². The van der Waals surface area contributed by atoms with E-state index in [9.17, 15) is 9.90 Å². The number of pyridine rings is 1. The fourth-order valence-corrected chi connectivity index (χ4v) is 6.81. The molecule has 13 nitrogen and oxygen atoms in total.